The van der Waals surface area contributed by atoms with Crippen LogP contribution in [0.4, 0.5) is 0 Å². The third kappa shape index (κ3) is 2.99. The predicted octanol–water partition coefficient (Wildman–Crippen LogP) is 2.32. The molecule has 0 amide bonds. The Morgan fingerprint density at radius 1 is 1.41 bits per heavy atom. The van der Waals surface area contributed by atoms with Gasteiger partial charge in [0, 0.05) is 5.02 Å². The minimum Gasteiger partial charge on any atom is -0.376 e. The monoisotopic (exact) mass is 255 g/mol. The molecule has 1 aliphatic rings. The van der Waals surface area contributed by atoms with Crippen LogP contribution in [0.5, 0.6) is 0 Å². The average molecular weight is 256 g/mol. The number of halogens is 1. The maximum absolute atomic E-state index is 6.15. The van der Waals surface area contributed by atoms with Gasteiger partial charge in [-0.25, -0.2) is 0 Å². The Morgan fingerprint density at radius 2 is 2.24 bits per heavy atom. The van der Waals surface area contributed by atoms with Gasteiger partial charge in [0.25, 0.3) is 0 Å². The Labute approximate surface area is 107 Å². The first-order valence-corrected chi connectivity index (χ1v) is 6.23. The maximum Gasteiger partial charge on any atom is 0.100 e. The highest BCUT2D eigenvalue weighted by molar-refractivity contribution is 6.31. The SMILES string of the molecule is CNC(c1ccc(C)c(Cl)c1)C1COCCO1. The van der Waals surface area contributed by atoms with Crippen molar-refractivity contribution in [2.24, 2.45) is 0 Å². The lowest BCUT2D eigenvalue weighted by molar-refractivity contribution is -0.101. The van der Waals surface area contributed by atoms with E-state index >= 15 is 0 Å². The summed E-state index contributed by atoms with van der Waals surface area (Å²) in [5.74, 6) is 0. The molecule has 0 radical (unpaired) electrons. The van der Waals surface area contributed by atoms with Crippen molar-refractivity contribution in [2.75, 3.05) is 26.9 Å². The van der Waals surface area contributed by atoms with Crippen LogP contribution in [-0.4, -0.2) is 33.0 Å². The van der Waals surface area contributed by atoms with Crippen LogP contribution in [0, 0.1) is 6.92 Å². The standard InChI is InChI=1S/C13H18ClNO2/c1-9-3-4-10(7-11(9)14)13(15-2)12-8-16-5-6-17-12/h3-4,7,12-13,15H,5-6,8H2,1-2H3. The Hall–Kier alpha value is -0.610. The minimum absolute atomic E-state index is 0.0486. The number of likely N-dealkylation sites (N-methyl/N-ethyl adjacent to an activating group) is 1. The van der Waals surface area contributed by atoms with Crippen LogP contribution >= 0.6 is 11.6 Å². The van der Waals surface area contributed by atoms with Gasteiger partial charge < -0.3 is 14.8 Å². The van der Waals surface area contributed by atoms with Gasteiger partial charge in [-0.1, -0.05) is 23.7 Å². The Kier molecular flexibility index (Phi) is 4.40. The number of benzene rings is 1. The third-order valence-electron chi connectivity index (χ3n) is 3.08. The van der Waals surface area contributed by atoms with Crippen molar-refractivity contribution in [1.82, 2.24) is 5.32 Å². The van der Waals surface area contributed by atoms with Gasteiger partial charge in [-0.3, -0.25) is 0 Å². The fourth-order valence-corrected chi connectivity index (χ4v) is 2.26. The Balaban J connectivity index is 2.18. The lowest BCUT2D eigenvalue weighted by Gasteiger charge is -2.30. The molecule has 4 heteroatoms. The van der Waals surface area contributed by atoms with E-state index in [4.69, 9.17) is 21.1 Å². The molecule has 1 N–H and O–H groups in total. The van der Waals surface area contributed by atoms with Crippen LogP contribution < -0.4 is 5.32 Å². The summed E-state index contributed by atoms with van der Waals surface area (Å²) in [6.07, 6.45) is 0.0486. The summed E-state index contributed by atoms with van der Waals surface area (Å²) in [5.41, 5.74) is 2.23. The highest BCUT2D eigenvalue weighted by atomic mass is 35.5. The van der Waals surface area contributed by atoms with Gasteiger partial charge in [-0.05, 0) is 31.2 Å². The van der Waals surface area contributed by atoms with Crippen LogP contribution in [0.25, 0.3) is 0 Å². The first-order chi connectivity index (χ1) is 8.22. The number of hydrogen-bond acceptors (Lipinski definition) is 3. The second-order valence-corrected chi connectivity index (χ2v) is 4.67. The van der Waals surface area contributed by atoms with E-state index in [2.05, 4.69) is 11.4 Å². The molecule has 0 aromatic heterocycles. The highest BCUT2D eigenvalue weighted by Gasteiger charge is 2.25. The molecule has 94 valence electrons. The lowest BCUT2D eigenvalue weighted by Crippen LogP contribution is -2.39. The molecule has 0 bridgehead atoms. The summed E-state index contributed by atoms with van der Waals surface area (Å²) in [4.78, 5) is 0. The van der Waals surface area contributed by atoms with Crippen LogP contribution in [0.2, 0.25) is 5.02 Å². The van der Waals surface area contributed by atoms with E-state index in [9.17, 15) is 0 Å². The zero-order valence-electron chi connectivity index (χ0n) is 10.2. The molecule has 3 nitrogen and oxygen atoms in total. The molecule has 0 saturated carbocycles. The number of hydrogen-bond donors (Lipinski definition) is 1. The molecule has 2 atom stereocenters. The van der Waals surface area contributed by atoms with Crippen molar-refractivity contribution >= 4 is 11.6 Å². The number of rotatable bonds is 3. The van der Waals surface area contributed by atoms with E-state index < -0.39 is 0 Å². The van der Waals surface area contributed by atoms with Crippen LogP contribution in [0.3, 0.4) is 0 Å². The molecule has 0 spiro atoms. The smallest absolute Gasteiger partial charge is 0.100 e. The van der Waals surface area contributed by atoms with Crippen molar-refractivity contribution in [3.63, 3.8) is 0 Å². The summed E-state index contributed by atoms with van der Waals surface area (Å²) in [7, 11) is 1.93. The van der Waals surface area contributed by atoms with Gasteiger partial charge in [0.2, 0.25) is 0 Å². The van der Waals surface area contributed by atoms with E-state index in [0.717, 1.165) is 16.1 Å². The first-order valence-electron chi connectivity index (χ1n) is 5.85. The zero-order chi connectivity index (χ0) is 12.3. The fourth-order valence-electron chi connectivity index (χ4n) is 2.07. The Bertz CT molecular complexity index is 378. The fraction of sp³-hybridized carbons (Fsp3) is 0.538. The van der Waals surface area contributed by atoms with E-state index in [-0.39, 0.29) is 12.1 Å². The summed E-state index contributed by atoms with van der Waals surface area (Å²) >= 11 is 6.15. The summed E-state index contributed by atoms with van der Waals surface area (Å²) < 4.78 is 11.2. The number of nitrogens with one attached hydrogen (secondary N) is 1. The lowest BCUT2D eigenvalue weighted by atomic mass is 10.0. The van der Waals surface area contributed by atoms with Crippen molar-refractivity contribution in [1.29, 1.82) is 0 Å². The first kappa shape index (κ1) is 12.8. The predicted molar refractivity (Wildman–Crippen MR) is 68.5 cm³/mol. The van der Waals surface area contributed by atoms with Gasteiger partial charge >= 0.3 is 0 Å². The van der Waals surface area contributed by atoms with E-state index in [1.54, 1.807) is 0 Å². The molecule has 2 unspecified atom stereocenters. The van der Waals surface area contributed by atoms with Crippen molar-refractivity contribution in [3.05, 3.63) is 34.3 Å². The molecular formula is C13H18ClNO2. The van der Waals surface area contributed by atoms with Gasteiger partial charge in [-0.15, -0.1) is 0 Å². The molecule has 2 rings (SSSR count). The molecule has 0 aliphatic carbocycles. The van der Waals surface area contributed by atoms with E-state index in [0.29, 0.717) is 19.8 Å². The van der Waals surface area contributed by atoms with Gasteiger partial charge in [0.15, 0.2) is 0 Å². The van der Waals surface area contributed by atoms with Crippen molar-refractivity contribution in [2.45, 2.75) is 19.1 Å². The third-order valence-corrected chi connectivity index (χ3v) is 3.49. The zero-order valence-corrected chi connectivity index (χ0v) is 11.0. The number of ether oxygens (including phenoxy) is 2. The molecular weight excluding hydrogens is 238 g/mol. The minimum atomic E-state index is 0.0486. The number of aryl methyl sites for hydroxylation is 1. The van der Waals surface area contributed by atoms with Crippen LogP contribution in [0.15, 0.2) is 18.2 Å². The quantitative estimate of drug-likeness (QED) is 0.899. The van der Waals surface area contributed by atoms with Crippen LogP contribution in [0.1, 0.15) is 17.2 Å². The van der Waals surface area contributed by atoms with Crippen LogP contribution in [-0.2, 0) is 9.47 Å². The summed E-state index contributed by atoms with van der Waals surface area (Å²) in [6, 6.07) is 6.23. The van der Waals surface area contributed by atoms with Crippen molar-refractivity contribution in [3.8, 4) is 0 Å². The summed E-state index contributed by atoms with van der Waals surface area (Å²) in [5, 5.41) is 4.06. The van der Waals surface area contributed by atoms with Crippen molar-refractivity contribution < 1.29 is 9.47 Å². The molecule has 1 aromatic carbocycles. The highest BCUT2D eigenvalue weighted by Crippen LogP contribution is 2.25. The maximum atomic E-state index is 6.15. The molecule has 1 fully saturated rings. The molecule has 1 heterocycles. The van der Waals surface area contributed by atoms with E-state index in [1.165, 1.54) is 0 Å². The van der Waals surface area contributed by atoms with E-state index in [1.807, 2.05) is 26.1 Å². The Morgan fingerprint density at radius 3 is 2.82 bits per heavy atom. The second-order valence-electron chi connectivity index (χ2n) is 4.26. The van der Waals surface area contributed by atoms with Gasteiger partial charge in [0.05, 0.1) is 25.9 Å². The second kappa shape index (κ2) is 5.83. The van der Waals surface area contributed by atoms with Gasteiger partial charge in [0.1, 0.15) is 6.10 Å². The summed E-state index contributed by atoms with van der Waals surface area (Å²) in [6.45, 7) is 3.96. The largest absolute Gasteiger partial charge is 0.376 e. The molecule has 17 heavy (non-hydrogen) atoms. The van der Waals surface area contributed by atoms with Gasteiger partial charge in [-0.2, -0.15) is 0 Å². The molecule has 1 saturated heterocycles. The topological polar surface area (TPSA) is 30.5 Å². The molecule has 1 aliphatic heterocycles. The average Bonchev–Trinajstić information content (AvgIpc) is 2.36. The normalized spacial score (nSPS) is 22.4. The molecule has 1 aromatic rings.